The Bertz CT molecular complexity index is 281. The average molecular weight is 164 g/mol. The number of hydrogen-bond donors (Lipinski definition) is 0. The molecule has 58 valence electrons. The Hall–Kier alpha value is -0.560. The standard InChI is InChI=1S/C10H12S/c1-8-7-9-5-3-2-4-6-10(9)11-8/h2,4,7H,3,5-6H2,1H3. The van der Waals surface area contributed by atoms with Gasteiger partial charge in [0.25, 0.3) is 0 Å². The minimum atomic E-state index is 1.16. The van der Waals surface area contributed by atoms with Crippen molar-refractivity contribution >= 4 is 11.3 Å². The zero-order chi connectivity index (χ0) is 7.68. The number of thiophene rings is 1. The molecule has 1 heteroatoms. The Kier molecular flexibility index (Phi) is 1.82. The second kappa shape index (κ2) is 2.82. The second-order valence-corrected chi connectivity index (χ2v) is 4.36. The fraction of sp³-hybridized carbons (Fsp3) is 0.400. The zero-order valence-electron chi connectivity index (χ0n) is 6.76. The molecular formula is C10H12S. The first-order valence-electron chi connectivity index (χ1n) is 4.09. The van der Waals surface area contributed by atoms with Gasteiger partial charge in [0.05, 0.1) is 0 Å². The van der Waals surface area contributed by atoms with E-state index in [0.717, 1.165) is 6.42 Å². The van der Waals surface area contributed by atoms with E-state index < -0.39 is 0 Å². The molecule has 1 heterocycles. The SMILES string of the molecule is Cc1cc2c(s1)CC=CCC2. The van der Waals surface area contributed by atoms with Gasteiger partial charge in [-0.25, -0.2) is 0 Å². The molecule has 0 aromatic carbocycles. The molecule has 1 aliphatic rings. The van der Waals surface area contributed by atoms with Crippen molar-refractivity contribution in [1.29, 1.82) is 0 Å². The molecule has 2 rings (SSSR count). The fourth-order valence-electron chi connectivity index (χ4n) is 1.55. The van der Waals surface area contributed by atoms with Crippen molar-refractivity contribution in [3.63, 3.8) is 0 Å². The smallest absolute Gasteiger partial charge is 0.0118 e. The molecule has 0 saturated carbocycles. The number of allylic oxidation sites excluding steroid dienone is 2. The number of rotatable bonds is 0. The van der Waals surface area contributed by atoms with Crippen LogP contribution in [-0.4, -0.2) is 0 Å². The van der Waals surface area contributed by atoms with Crippen LogP contribution in [0.5, 0.6) is 0 Å². The molecule has 0 atom stereocenters. The molecule has 11 heavy (non-hydrogen) atoms. The summed E-state index contributed by atoms with van der Waals surface area (Å²) in [4.78, 5) is 3.04. The lowest BCUT2D eigenvalue weighted by Crippen LogP contribution is -1.81. The van der Waals surface area contributed by atoms with Crippen LogP contribution in [0.15, 0.2) is 18.2 Å². The first-order valence-corrected chi connectivity index (χ1v) is 4.91. The molecule has 0 fully saturated rings. The number of fused-ring (bicyclic) bond motifs is 1. The molecule has 0 saturated heterocycles. The predicted molar refractivity (Wildman–Crippen MR) is 50.2 cm³/mol. The zero-order valence-corrected chi connectivity index (χ0v) is 7.58. The van der Waals surface area contributed by atoms with Crippen molar-refractivity contribution in [1.82, 2.24) is 0 Å². The van der Waals surface area contributed by atoms with E-state index in [0.29, 0.717) is 0 Å². The third kappa shape index (κ3) is 1.38. The van der Waals surface area contributed by atoms with Crippen LogP contribution in [0.4, 0.5) is 0 Å². The normalized spacial score (nSPS) is 16.1. The highest BCUT2D eigenvalue weighted by Gasteiger charge is 2.06. The molecule has 0 bridgehead atoms. The summed E-state index contributed by atoms with van der Waals surface area (Å²) in [7, 11) is 0. The maximum absolute atomic E-state index is 2.34. The van der Waals surface area contributed by atoms with Gasteiger partial charge >= 0.3 is 0 Å². The molecule has 1 aliphatic carbocycles. The van der Waals surface area contributed by atoms with Crippen LogP contribution < -0.4 is 0 Å². The Morgan fingerprint density at radius 3 is 3.18 bits per heavy atom. The fourth-order valence-corrected chi connectivity index (χ4v) is 2.61. The summed E-state index contributed by atoms with van der Waals surface area (Å²) >= 11 is 1.95. The first kappa shape index (κ1) is 7.11. The van der Waals surface area contributed by atoms with Crippen LogP contribution in [0.25, 0.3) is 0 Å². The maximum atomic E-state index is 2.34. The van der Waals surface area contributed by atoms with Gasteiger partial charge in [-0.05, 0) is 31.4 Å². The van der Waals surface area contributed by atoms with Gasteiger partial charge in [-0.3, -0.25) is 0 Å². The molecule has 0 radical (unpaired) electrons. The third-order valence-electron chi connectivity index (χ3n) is 2.07. The van der Waals surface area contributed by atoms with E-state index in [4.69, 9.17) is 0 Å². The summed E-state index contributed by atoms with van der Waals surface area (Å²) in [5.41, 5.74) is 1.58. The van der Waals surface area contributed by atoms with Crippen LogP contribution in [0.1, 0.15) is 21.7 Å². The third-order valence-corrected chi connectivity index (χ3v) is 3.19. The highest BCUT2D eigenvalue weighted by Crippen LogP contribution is 2.25. The van der Waals surface area contributed by atoms with Crippen molar-refractivity contribution in [2.45, 2.75) is 26.2 Å². The molecule has 0 unspecified atom stereocenters. The van der Waals surface area contributed by atoms with Crippen molar-refractivity contribution in [3.8, 4) is 0 Å². The van der Waals surface area contributed by atoms with Gasteiger partial charge in [-0.2, -0.15) is 0 Å². The summed E-state index contributed by atoms with van der Waals surface area (Å²) in [5, 5.41) is 0. The maximum Gasteiger partial charge on any atom is 0.0118 e. The van der Waals surface area contributed by atoms with Gasteiger partial charge in [-0.15, -0.1) is 11.3 Å². The van der Waals surface area contributed by atoms with Crippen molar-refractivity contribution in [2.75, 3.05) is 0 Å². The largest absolute Gasteiger partial charge is 0.145 e. The summed E-state index contributed by atoms with van der Waals surface area (Å²) in [6.07, 6.45) is 8.22. The van der Waals surface area contributed by atoms with E-state index in [2.05, 4.69) is 25.1 Å². The molecule has 0 aliphatic heterocycles. The minimum absolute atomic E-state index is 1.16. The average Bonchev–Trinajstić information content (AvgIpc) is 2.17. The van der Waals surface area contributed by atoms with Gasteiger partial charge < -0.3 is 0 Å². The number of hydrogen-bond acceptors (Lipinski definition) is 1. The number of aryl methyl sites for hydroxylation is 2. The highest BCUT2D eigenvalue weighted by molar-refractivity contribution is 7.12. The van der Waals surface area contributed by atoms with Crippen LogP contribution in [0.3, 0.4) is 0 Å². The first-order chi connectivity index (χ1) is 5.36. The van der Waals surface area contributed by atoms with Crippen LogP contribution in [0, 0.1) is 6.92 Å². The lowest BCUT2D eigenvalue weighted by atomic mass is 10.1. The highest BCUT2D eigenvalue weighted by atomic mass is 32.1. The molecule has 0 spiro atoms. The molecule has 0 N–H and O–H groups in total. The topological polar surface area (TPSA) is 0 Å². The van der Waals surface area contributed by atoms with Gasteiger partial charge in [0, 0.05) is 16.2 Å². The van der Waals surface area contributed by atoms with Crippen molar-refractivity contribution < 1.29 is 0 Å². The summed E-state index contributed by atoms with van der Waals surface area (Å²) in [6, 6.07) is 2.34. The minimum Gasteiger partial charge on any atom is -0.145 e. The van der Waals surface area contributed by atoms with Crippen LogP contribution >= 0.6 is 11.3 Å². The van der Waals surface area contributed by atoms with Gasteiger partial charge in [0.15, 0.2) is 0 Å². The quantitative estimate of drug-likeness (QED) is 0.517. The lowest BCUT2D eigenvalue weighted by molar-refractivity contribution is 1.01. The molecule has 0 nitrogen and oxygen atoms in total. The van der Waals surface area contributed by atoms with E-state index >= 15 is 0 Å². The van der Waals surface area contributed by atoms with Gasteiger partial charge in [0.1, 0.15) is 0 Å². The second-order valence-electron chi connectivity index (χ2n) is 3.02. The molecule has 1 aromatic rings. The van der Waals surface area contributed by atoms with Crippen LogP contribution in [0.2, 0.25) is 0 Å². The van der Waals surface area contributed by atoms with Gasteiger partial charge in [-0.1, -0.05) is 12.2 Å². The Balaban J connectivity index is 2.39. The Labute approximate surface area is 71.6 Å². The van der Waals surface area contributed by atoms with Gasteiger partial charge in [0.2, 0.25) is 0 Å². The molecule has 1 aromatic heterocycles. The van der Waals surface area contributed by atoms with Crippen LogP contribution in [-0.2, 0) is 12.8 Å². The molecular weight excluding hydrogens is 152 g/mol. The Morgan fingerprint density at radius 1 is 1.36 bits per heavy atom. The van der Waals surface area contributed by atoms with E-state index in [-0.39, 0.29) is 0 Å². The van der Waals surface area contributed by atoms with E-state index in [1.54, 1.807) is 10.4 Å². The van der Waals surface area contributed by atoms with E-state index in [1.807, 2.05) is 11.3 Å². The monoisotopic (exact) mass is 164 g/mol. The predicted octanol–water partition coefficient (Wildman–Crippen LogP) is 3.10. The summed E-state index contributed by atoms with van der Waals surface area (Å²) in [6.45, 7) is 2.20. The lowest BCUT2D eigenvalue weighted by Gasteiger charge is -1.93. The summed E-state index contributed by atoms with van der Waals surface area (Å²) < 4.78 is 0. The van der Waals surface area contributed by atoms with E-state index in [9.17, 15) is 0 Å². The Morgan fingerprint density at radius 2 is 2.27 bits per heavy atom. The summed E-state index contributed by atoms with van der Waals surface area (Å²) in [5.74, 6) is 0. The molecule has 0 amide bonds. The van der Waals surface area contributed by atoms with E-state index in [1.165, 1.54) is 17.7 Å². The van der Waals surface area contributed by atoms with Crippen molar-refractivity contribution in [2.24, 2.45) is 0 Å². The van der Waals surface area contributed by atoms with Crippen molar-refractivity contribution in [3.05, 3.63) is 33.5 Å².